The summed E-state index contributed by atoms with van der Waals surface area (Å²) in [5.74, 6) is 0.814. The summed E-state index contributed by atoms with van der Waals surface area (Å²) in [6.45, 7) is 1.87. The van der Waals surface area contributed by atoms with Crippen LogP contribution in [0.4, 0.5) is 0 Å². The lowest BCUT2D eigenvalue weighted by Crippen LogP contribution is -1.84. The smallest absolute Gasteiger partial charge is 0.134 e. The molecule has 0 atom stereocenters. The van der Waals surface area contributed by atoms with Gasteiger partial charge in [-0.3, -0.25) is 4.68 Å². The lowest BCUT2D eigenvalue weighted by Gasteiger charge is -1.83. The van der Waals surface area contributed by atoms with E-state index in [0.29, 0.717) is 0 Å². The Bertz CT molecular complexity index is 350. The summed E-state index contributed by atoms with van der Waals surface area (Å²) in [5, 5.41) is 7.91. The first-order valence-corrected chi connectivity index (χ1v) is 3.68. The molecule has 0 radical (unpaired) electrons. The lowest BCUT2D eigenvalue weighted by atomic mass is 10.2. The molecule has 0 aliphatic rings. The molecule has 2 rings (SSSR count). The topological polar surface area (TPSA) is 43.9 Å². The molecule has 0 aliphatic carbocycles. The minimum Gasteiger partial charge on any atom is -0.361 e. The molecule has 62 valence electrons. The van der Waals surface area contributed by atoms with Crippen LogP contribution in [0.25, 0.3) is 11.3 Å². The van der Waals surface area contributed by atoms with Crippen molar-refractivity contribution in [2.24, 2.45) is 7.05 Å². The maximum absolute atomic E-state index is 4.94. The average molecular weight is 163 g/mol. The van der Waals surface area contributed by atoms with Gasteiger partial charge in [0.05, 0.1) is 6.20 Å². The number of nitrogens with zero attached hydrogens (tertiary/aromatic N) is 3. The Balaban J connectivity index is 2.43. The lowest BCUT2D eigenvalue weighted by molar-refractivity contribution is 0.399. The summed E-state index contributed by atoms with van der Waals surface area (Å²) >= 11 is 0. The molecule has 0 aliphatic heterocycles. The monoisotopic (exact) mass is 163 g/mol. The highest BCUT2D eigenvalue weighted by atomic mass is 16.5. The van der Waals surface area contributed by atoms with E-state index < -0.39 is 0 Å². The number of aryl methyl sites for hydroxylation is 2. The quantitative estimate of drug-likeness (QED) is 0.638. The Kier molecular flexibility index (Phi) is 1.46. The predicted octanol–water partition coefficient (Wildman–Crippen LogP) is 1.38. The van der Waals surface area contributed by atoms with Crippen molar-refractivity contribution in [1.82, 2.24) is 14.9 Å². The van der Waals surface area contributed by atoms with Crippen molar-refractivity contribution in [3.8, 4) is 11.3 Å². The molecule has 2 heterocycles. The largest absolute Gasteiger partial charge is 0.361 e. The van der Waals surface area contributed by atoms with Crippen LogP contribution in [-0.2, 0) is 7.05 Å². The maximum Gasteiger partial charge on any atom is 0.134 e. The highest BCUT2D eigenvalue weighted by Gasteiger charge is 2.04. The summed E-state index contributed by atoms with van der Waals surface area (Å²) in [6.07, 6.45) is 3.66. The van der Waals surface area contributed by atoms with Gasteiger partial charge in [-0.15, -0.1) is 0 Å². The highest BCUT2D eigenvalue weighted by Crippen LogP contribution is 2.16. The van der Waals surface area contributed by atoms with Gasteiger partial charge in [0.25, 0.3) is 0 Å². The molecule has 2 aromatic heterocycles. The summed E-state index contributed by atoms with van der Waals surface area (Å²) in [7, 11) is 1.87. The Labute approximate surface area is 69.8 Å². The van der Waals surface area contributed by atoms with Crippen LogP contribution in [0.1, 0.15) is 5.76 Å². The van der Waals surface area contributed by atoms with Crippen molar-refractivity contribution in [3.05, 3.63) is 24.2 Å². The van der Waals surface area contributed by atoms with Crippen molar-refractivity contribution in [2.75, 3.05) is 0 Å². The van der Waals surface area contributed by atoms with Crippen LogP contribution >= 0.6 is 0 Å². The van der Waals surface area contributed by atoms with E-state index in [1.54, 1.807) is 10.9 Å². The standard InChI is InChI=1S/C8H9N3O/c1-6-3-8(10-12-6)7-4-9-11(2)5-7/h3-5H,1-2H3. The van der Waals surface area contributed by atoms with E-state index >= 15 is 0 Å². The second-order valence-electron chi connectivity index (χ2n) is 2.73. The van der Waals surface area contributed by atoms with Crippen LogP contribution in [0.5, 0.6) is 0 Å². The number of aromatic nitrogens is 3. The second-order valence-corrected chi connectivity index (χ2v) is 2.73. The van der Waals surface area contributed by atoms with Crippen LogP contribution < -0.4 is 0 Å². The van der Waals surface area contributed by atoms with Gasteiger partial charge < -0.3 is 4.52 Å². The third-order valence-electron chi connectivity index (χ3n) is 1.63. The van der Waals surface area contributed by atoms with E-state index in [9.17, 15) is 0 Å². The van der Waals surface area contributed by atoms with Gasteiger partial charge in [-0.1, -0.05) is 5.16 Å². The maximum atomic E-state index is 4.94. The first-order valence-electron chi connectivity index (χ1n) is 3.68. The molecule has 0 aromatic carbocycles. The minimum absolute atomic E-state index is 0.814. The molecule has 0 bridgehead atoms. The molecule has 4 nitrogen and oxygen atoms in total. The summed E-state index contributed by atoms with van der Waals surface area (Å²) < 4.78 is 6.68. The van der Waals surface area contributed by atoms with Crippen LogP contribution in [0.2, 0.25) is 0 Å². The molecular weight excluding hydrogens is 154 g/mol. The normalized spacial score (nSPS) is 10.5. The summed E-state index contributed by atoms with van der Waals surface area (Å²) in [4.78, 5) is 0. The van der Waals surface area contributed by atoms with Gasteiger partial charge in [0.15, 0.2) is 0 Å². The molecule has 0 fully saturated rings. The fourth-order valence-electron chi connectivity index (χ4n) is 1.06. The van der Waals surface area contributed by atoms with Crippen molar-refractivity contribution in [1.29, 1.82) is 0 Å². The van der Waals surface area contributed by atoms with Gasteiger partial charge in [-0.05, 0) is 6.92 Å². The highest BCUT2D eigenvalue weighted by molar-refractivity contribution is 5.56. The molecule has 0 amide bonds. The van der Waals surface area contributed by atoms with Gasteiger partial charge in [0, 0.05) is 24.9 Å². The van der Waals surface area contributed by atoms with Gasteiger partial charge >= 0.3 is 0 Å². The molecule has 0 N–H and O–H groups in total. The van der Waals surface area contributed by atoms with Gasteiger partial charge in [0.2, 0.25) is 0 Å². The van der Waals surface area contributed by atoms with Gasteiger partial charge in [0.1, 0.15) is 11.5 Å². The van der Waals surface area contributed by atoms with Gasteiger partial charge in [-0.2, -0.15) is 5.10 Å². The first-order chi connectivity index (χ1) is 5.75. The zero-order chi connectivity index (χ0) is 8.55. The zero-order valence-electron chi connectivity index (χ0n) is 6.98. The molecule has 0 unspecified atom stereocenters. The SMILES string of the molecule is Cc1cc(-c2cnn(C)c2)no1. The van der Waals surface area contributed by atoms with Crippen molar-refractivity contribution < 1.29 is 4.52 Å². The molecule has 4 heteroatoms. The summed E-state index contributed by atoms with van der Waals surface area (Å²) in [5.41, 5.74) is 1.81. The van der Waals surface area contributed by atoms with E-state index in [2.05, 4.69) is 10.3 Å². The van der Waals surface area contributed by atoms with E-state index in [1.807, 2.05) is 26.2 Å². The fourth-order valence-corrected chi connectivity index (χ4v) is 1.06. The van der Waals surface area contributed by atoms with Crippen molar-refractivity contribution >= 4 is 0 Å². The Hall–Kier alpha value is -1.58. The summed E-state index contributed by atoms with van der Waals surface area (Å²) in [6, 6.07) is 1.89. The molecule has 2 aromatic rings. The molecule has 0 saturated heterocycles. The molecular formula is C8H9N3O. The predicted molar refractivity (Wildman–Crippen MR) is 43.4 cm³/mol. The van der Waals surface area contributed by atoms with Crippen LogP contribution in [0.3, 0.4) is 0 Å². The Morgan fingerprint density at radius 3 is 2.83 bits per heavy atom. The van der Waals surface area contributed by atoms with E-state index in [-0.39, 0.29) is 0 Å². The third kappa shape index (κ3) is 1.11. The van der Waals surface area contributed by atoms with E-state index in [1.165, 1.54) is 0 Å². The van der Waals surface area contributed by atoms with Crippen LogP contribution in [0, 0.1) is 6.92 Å². The van der Waals surface area contributed by atoms with Crippen molar-refractivity contribution in [2.45, 2.75) is 6.92 Å². The number of rotatable bonds is 1. The average Bonchev–Trinajstić information content (AvgIpc) is 2.58. The molecule has 12 heavy (non-hydrogen) atoms. The van der Waals surface area contributed by atoms with Crippen molar-refractivity contribution in [3.63, 3.8) is 0 Å². The first kappa shape index (κ1) is 7.09. The third-order valence-corrected chi connectivity index (χ3v) is 1.63. The fraction of sp³-hybridized carbons (Fsp3) is 0.250. The zero-order valence-corrected chi connectivity index (χ0v) is 6.98. The van der Waals surface area contributed by atoms with E-state index in [0.717, 1.165) is 17.0 Å². The number of hydrogen-bond acceptors (Lipinski definition) is 3. The van der Waals surface area contributed by atoms with E-state index in [4.69, 9.17) is 4.52 Å². The van der Waals surface area contributed by atoms with Crippen LogP contribution in [-0.4, -0.2) is 14.9 Å². The van der Waals surface area contributed by atoms with Crippen LogP contribution in [0.15, 0.2) is 23.0 Å². The number of hydrogen-bond donors (Lipinski definition) is 0. The molecule has 0 saturated carbocycles. The Morgan fingerprint density at radius 2 is 2.33 bits per heavy atom. The second kappa shape index (κ2) is 2.48. The van der Waals surface area contributed by atoms with Gasteiger partial charge in [-0.25, -0.2) is 0 Å². The Morgan fingerprint density at radius 1 is 1.50 bits per heavy atom. The molecule has 0 spiro atoms. The minimum atomic E-state index is 0.814.